The molecule has 2 N–H and O–H groups in total. The van der Waals surface area contributed by atoms with Crippen molar-refractivity contribution in [3.8, 4) is 0 Å². The fourth-order valence-electron chi connectivity index (χ4n) is 1.37. The summed E-state index contributed by atoms with van der Waals surface area (Å²) in [6, 6.07) is 0.398. The lowest BCUT2D eigenvalue weighted by Crippen LogP contribution is -2.13. The first-order valence-electron chi connectivity index (χ1n) is 5.38. The van der Waals surface area contributed by atoms with Gasteiger partial charge in [-0.25, -0.2) is 0 Å². The zero-order chi connectivity index (χ0) is 9.40. The maximum atomic E-state index is 5.66. The van der Waals surface area contributed by atoms with Crippen molar-refractivity contribution in [3.05, 3.63) is 0 Å². The highest BCUT2D eigenvalue weighted by Gasteiger charge is 1.96. The number of unbranched alkanes of at least 4 members (excludes halogenated alkanes) is 3. The van der Waals surface area contributed by atoms with Crippen LogP contribution in [0.4, 0.5) is 0 Å². The Kier molecular flexibility index (Phi) is 7.58. The maximum absolute atomic E-state index is 5.66. The zero-order valence-corrected chi connectivity index (χ0v) is 8.97. The molecule has 1 heteroatoms. The molecule has 0 aromatic rings. The Morgan fingerprint density at radius 2 is 1.33 bits per heavy atom. The number of nitrogens with two attached hydrogens (primary N) is 1. The van der Waals surface area contributed by atoms with Gasteiger partial charge in [0.15, 0.2) is 0 Å². The molecule has 0 saturated heterocycles. The molecule has 74 valence electrons. The van der Waals surface area contributed by atoms with Gasteiger partial charge in [-0.1, -0.05) is 46.0 Å². The minimum absolute atomic E-state index is 0.398. The van der Waals surface area contributed by atoms with Crippen LogP contribution in [0.5, 0.6) is 0 Å². The quantitative estimate of drug-likeness (QED) is 0.584. The molecule has 0 fully saturated rings. The van der Waals surface area contributed by atoms with Gasteiger partial charge < -0.3 is 5.73 Å². The van der Waals surface area contributed by atoms with Crippen LogP contribution in [0, 0.1) is 5.92 Å². The van der Waals surface area contributed by atoms with Crippen LogP contribution < -0.4 is 5.73 Å². The molecular formula is C11H25N. The van der Waals surface area contributed by atoms with Gasteiger partial charge in [-0.15, -0.1) is 0 Å². The molecule has 0 aromatic carbocycles. The van der Waals surface area contributed by atoms with Crippen LogP contribution in [0.25, 0.3) is 0 Å². The Hall–Kier alpha value is -0.0400. The Morgan fingerprint density at radius 1 is 0.833 bits per heavy atom. The molecule has 0 spiro atoms. The highest BCUT2D eigenvalue weighted by molar-refractivity contribution is 4.54. The summed E-state index contributed by atoms with van der Waals surface area (Å²) >= 11 is 0. The summed E-state index contributed by atoms with van der Waals surface area (Å²) in [7, 11) is 0. The van der Waals surface area contributed by atoms with Gasteiger partial charge >= 0.3 is 0 Å². The predicted molar refractivity (Wildman–Crippen MR) is 56.2 cm³/mol. The van der Waals surface area contributed by atoms with Crippen LogP contribution in [-0.4, -0.2) is 6.04 Å². The number of hydrogen-bond acceptors (Lipinski definition) is 1. The van der Waals surface area contributed by atoms with Crippen molar-refractivity contribution < 1.29 is 0 Å². The first-order chi connectivity index (χ1) is 5.63. The van der Waals surface area contributed by atoms with Gasteiger partial charge in [-0.2, -0.15) is 0 Å². The minimum atomic E-state index is 0.398. The Bertz CT molecular complexity index is 75.0. The second-order valence-corrected chi connectivity index (χ2v) is 4.36. The van der Waals surface area contributed by atoms with E-state index >= 15 is 0 Å². The monoisotopic (exact) mass is 171 g/mol. The molecule has 0 rings (SSSR count). The first-order valence-corrected chi connectivity index (χ1v) is 5.38. The lowest BCUT2D eigenvalue weighted by Gasteiger charge is -2.05. The molecule has 0 saturated carbocycles. The Morgan fingerprint density at radius 3 is 1.75 bits per heavy atom. The summed E-state index contributed by atoms with van der Waals surface area (Å²) in [5.41, 5.74) is 5.66. The number of hydrogen-bond donors (Lipinski definition) is 1. The summed E-state index contributed by atoms with van der Waals surface area (Å²) in [5.74, 6) is 0.874. The van der Waals surface area contributed by atoms with Crippen LogP contribution in [0.2, 0.25) is 0 Å². The van der Waals surface area contributed by atoms with Crippen LogP contribution in [0.3, 0.4) is 0 Å². The van der Waals surface area contributed by atoms with E-state index in [9.17, 15) is 0 Å². The highest BCUT2D eigenvalue weighted by atomic mass is 14.6. The topological polar surface area (TPSA) is 26.0 Å². The third-order valence-electron chi connectivity index (χ3n) is 2.19. The lowest BCUT2D eigenvalue weighted by atomic mass is 10.0. The zero-order valence-electron chi connectivity index (χ0n) is 8.97. The molecule has 0 bridgehead atoms. The SMILES string of the molecule is CC(C)CCCCCCC(C)N. The summed E-state index contributed by atoms with van der Waals surface area (Å²) in [6.45, 7) is 6.68. The van der Waals surface area contributed by atoms with E-state index < -0.39 is 0 Å². The molecule has 0 amide bonds. The van der Waals surface area contributed by atoms with Gasteiger partial charge in [0, 0.05) is 6.04 Å². The third kappa shape index (κ3) is 9.96. The largest absolute Gasteiger partial charge is 0.328 e. The van der Waals surface area contributed by atoms with E-state index in [1.807, 2.05) is 0 Å². The maximum Gasteiger partial charge on any atom is 0.00104 e. The van der Waals surface area contributed by atoms with Crippen molar-refractivity contribution >= 4 is 0 Å². The second kappa shape index (κ2) is 7.60. The fraction of sp³-hybridized carbons (Fsp3) is 1.00. The van der Waals surface area contributed by atoms with E-state index in [0.717, 1.165) is 5.92 Å². The summed E-state index contributed by atoms with van der Waals surface area (Å²) < 4.78 is 0. The molecule has 0 aliphatic heterocycles. The summed E-state index contributed by atoms with van der Waals surface area (Å²) in [5, 5.41) is 0. The van der Waals surface area contributed by atoms with Gasteiger partial charge in [0.05, 0.1) is 0 Å². The first kappa shape index (κ1) is 12.0. The van der Waals surface area contributed by atoms with Gasteiger partial charge in [-0.3, -0.25) is 0 Å². The van der Waals surface area contributed by atoms with E-state index in [2.05, 4.69) is 20.8 Å². The van der Waals surface area contributed by atoms with Gasteiger partial charge in [0.1, 0.15) is 0 Å². The standard InChI is InChI=1S/C11H25N/c1-10(2)8-6-4-5-7-9-11(3)12/h10-11H,4-9,12H2,1-3H3. The average Bonchev–Trinajstić information content (AvgIpc) is 1.95. The molecule has 0 aromatic heterocycles. The van der Waals surface area contributed by atoms with Gasteiger partial charge in [-0.05, 0) is 19.3 Å². The van der Waals surface area contributed by atoms with E-state index in [1.54, 1.807) is 0 Å². The van der Waals surface area contributed by atoms with Crippen LogP contribution in [0.15, 0.2) is 0 Å². The van der Waals surface area contributed by atoms with Crippen molar-refractivity contribution in [2.45, 2.75) is 65.3 Å². The number of rotatable bonds is 7. The molecule has 0 radical (unpaired) electrons. The molecule has 0 heterocycles. The molecule has 1 unspecified atom stereocenters. The second-order valence-electron chi connectivity index (χ2n) is 4.36. The molecule has 12 heavy (non-hydrogen) atoms. The molecular weight excluding hydrogens is 146 g/mol. The summed E-state index contributed by atoms with van der Waals surface area (Å²) in [4.78, 5) is 0. The molecule has 0 aliphatic rings. The van der Waals surface area contributed by atoms with E-state index in [0.29, 0.717) is 6.04 Å². The van der Waals surface area contributed by atoms with Crippen molar-refractivity contribution in [3.63, 3.8) is 0 Å². The smallest absolute Gasteiger partial charge is 0.00104 e. The summed E-state index contributed by atoms with van der Waals surface area (Å²) in [6.07, 6.45) is 8.06. The Labute approximate surface area is 77.7 Å². The third-order valence-corrected chi connectivity index (χ3v) is 2.19. The van der Waals surface area contributed by atoms with Crippen molar-refractivity contribution in [1.29, 1.82) is 0 Å². The van der Waals surface area contributed by atoms with Gasteiger partial charge in [0.25, 0.3) is 0 Å². The highest BCUT2D eigenvalue weighted by Crippen LogP contribution is 2.10. The van der Waals surface area contributed by atoms with Crippen LogP contribution >= 0.6 is 0 Å². The fourth-order valence-corrected chi connectivity index (χ4v) is 1.37. The van der Waals surface area contributed by atoms with Crippen molar-refractivity contribution in [1.82, 2.24) is 0 Å². The van der Waals surface area contributed by atoms with E-state index in [-0.39, 0.29) is 0 Å². The van der Waals surface area contributed by atoms with Gasteiger partial charge in [0.2, 0.25) is 0 Å². The van der Waals surface area contributed by atoms with Crippen LogP contribution in [-0.2, 0) is 0 Å². The lowest BCUT2D eigenvalue weighted by molar-refractivity contribution is 0.505. The average molecular weight is 171 g/mol. The van der Waals surface area contributed by atoms with Crippen LogP contribution in [0.1, 0.15) is 59.3 Å². The molecule has 0 aliphatic carbocycles. The van der Waals surface area contributed by atoms with E-state index in [4.69, 9.17) is 5.73 Å². The normalized spacial score (nSPS) is 13.8. The molecule has 1 nitrogen and oxygen atoms in total. The van der Waals surface area contributed by atoms with Crippen molar-refractivity contribution in [2.24, 2.45) is 11.7 Å². The van der Waals surface area contributed by atoms with Crippen molar-refractivity contribution in [2.75, 3.05) is 0 Å². The predicted octanol–water partition coefficient (Wildman–Crippen LogP) is 3.33. The molecule has 1 atom stereocenters. The van der Waals surface area contributed by atoms with E-state index in [1.165, 1.54) is 38.5 Å². The minimum Gasteiger partial charge on any atom is -0.328 e. The Balaban J connectivity index is 2.91.